The number of rotatable bonds is 5. The molecular formula is C12H13ClFN3O. The zero-order chi connectivity index (χ0) is 13.1. The fraction of sp³-hybridized carbons (Fsp3) is 0.333. The van der Waals surface area contributed by atoms with Crippen LogP contribution in [0.2, 0.25) is 0 Å². The molecule has 0 saturated carbocycles. The number of carbonyl (C=O) groups excluding carboxylic acids is 1. The summed E-state index contributed by atoms with van der Waals surface area (Å²) in [5, 5.41) is 0. The van der Waals surface area contributed by atoms with E-state index in [4.69, 9.17) is 17.3 Å². The standard InChI is InChI=1S/C12H13ClFN3O/c13-5-3-12-16-9-2-1-8(14)7-10(9)17(12)6-4-11(15)18/h1-2,7H,3-6H2,(H2,15,18). The van der Waals surface area contributed by atoms with Crippen molar-refractivity contribution in [1.29, 1.82) is 0 Å². The molecule has 0 aliphatic rings. The second-order valence-electron chi connectivity index (χ2n) is 3.97. The quantitative estimate of drug-likeness (QED) is 0.842. The maximum absolute atomic E-state index is 13.3. The first-order valence-electron chi connectivity index (χ1n) is 5.60. The summed E-state index contributed by atoms with van der Waals surface area (Å²) in [7, 11) is 0. The number of halogens is 2. The van der Waals surface area contributed by atoms with Crippen molar-refractivity contribution in [2.24, 2.45) is 5.73 Å². The van der Waals surface area contributed by atoms with Gasteiger partial charge in [0.2, 0.25) is 5.91 Å². The second kappa shape index (κ2) is 5.35. The molecule has 18 heavy (non-hydrogen) atoms. The maximum Gasteiger partial charge on any atom is 0.219 e. The van der Waals surface area contributed by atoms with E-state index in [0.717, 1.165) is 5.82 Å². The van der Waals surface area contributed by atoms with Crippen molar-refractivity contribution in [3.8, 4) is 0 Å². The zero-order valence-corrected chi connectivity index (χ0v) is 10.5. The average molecular weight is 270 g/mol. The SMILES string of the molecule is NC(=O)CCn1c(CCCl)nc2ccc(F)cc21. The van der Waals surface area contributed by atoms with E-state index in [0.29, 0.717) is 29.9 Å². The molecule has 1 aromatic heterocycles. The molecule has 0 unspecified atom stereocenters. The largest absolute Gasteiger partial charge is 0.370 e. The topological polar surface area (TPSA) is 60.9 Å². The summed E-state index contributed by atoms with van der Waals surface area (Å²) >= 11 is 5.71. The van der Waals surface area contributed by atoms with Crippen LogP contribution in [0.15, 0.2) is 18.2 Å². The number of nitrogens with two attached hydrogens (primary N) is 1. The number of alkyl halides is 1. The normalized spacial score (nSPS) is 11.0. The molecule has 1 amide bonds. The van der Waals surface area contributed by atoms with Crippen LogP contribution in [0.4, 0.5) is 4.39 Å². The van der Waals surface area contributed by atoms with Gasteiger partial charge in [0, 0.05) is 25.3 Å². The Balaban J connectivity index is 2.46. The fourth-order valence-corrected chi connectivity index (χ4v) is 2.06. The number of imidazole rings is 1. The molecular weight excluding hydrogens is 257 g/mol. The van der Waals surface area contributed by atoms with Gasteiger partial charge < -0.3 is 10.3 Å². The predicted octanol–water partition coefficient (Wildman–Crippen LogP) is 1.83. The lowest BCUT2D eigenvalue weighted by Gasteiger charge is -2.06. The highest BCUT2D eigenvalue weighted by Crippen LogP contribution is 2.18. The summed E-state index contributed by atoms with van der Waals surface area (Å²) in [5.74, 6) is 0.430. The number of aryl methyl sites for hydroxylation is 2. The molecule has 2 aromatic rings. The van der Waals surface area contributed by atoms with Crippen LogP contribution in [0.5, 0.6) is 0 Å². The zero-order valence-electron chi connectivity index (χ0n) is 9.70. The molecule has 6 heteroatoms. The van der Waals surface area contributed by atoms with E-state index in [2.05, 4.69) is 4.98 Å². The highest BCUT2D eigenvalue weighted by atomic mass is 35.5. The number of amides is 1. The van der Waals surface area contributed by atoms with Gasteiger partial charge in [-0.25, -0.2) is 9.37 Å². The maximum atomic E-state index is 13.3. The van der Waals surface area contributed by atoms with Crippen LogP contribution in [-0.4, -0.2) is 21.3 Å². The van der Waals surface area contributed by atoms with Gasteiger partial charge in [-0.3, -0.25) is 4.79 Å². The smallest absolute Gasteiger partial charge is 0.219 e. The third-order valence-corrected chi connectivity index (χ3v) is 2.88. The Kier molecular flexibility index (Phi) is 3.81. The van der Waals surface area contributed by atoms with Crippen LogP contribution in [0, 0.1) is 5.82 Å². The first kappa shape index (κ1) is 12.8. The molecule has 4 nitrogen and oxygen atoms in total. The Morgan fingerprint density at radius 3 is 2.94 bits per heavy atom. The minimum Gasteiger partial charge on any atom is -0.370 e. The van der Waals surface area contributed by atoms with E-state index >= 15 is 0 Å². The summed E-state index contributed by atoms with van der Waals surface area (Å²) in [5.41, 5.74) is 6.49. The third kappa shape index (κ3) is 2.61. The lowest BCUT2D eigenvalue weighted by molar-refractivity contribution is -0.118. The van der Waals surface area contributed by atoms with E-state index in [1.807, 2.05) is 0 Å². The Morgan fingerprint density at radius 1 is 1.50 bits per heavy atom. The Bertz CT molecular complexity index is 582. The van der Waals surface area contributed by atoms with Gasteiger partial charge in [0.25, 0.3) is 0 Å². The van der Waals surface area contributed by atoms with Gasteiger partial charge >= 0.3 is 0 Å². The van der Waals surface area contributed by atoms with E-state index in [1.54, 1.807) is 10.6 Å². The highest BCUT2D eigenvalue weighted by Gasteiger charge is 2.11. The van der Waals surface area contributed by atoms with Crippen molar-refractivity contribution < 1.29 is 9.18 Å². The van der Waals surface area contributed by atoms with Crippen LogP contribution in [0.3, 0.4) is 0 Å². The molecule has 96 valence electrons. The minimum absolute atomic E-state index is 0.192. The molecule has 1 aromatic carbocycles. The number of fused-ring (bicyclic) bond motifs is 1. The van der Waals surface area contributed by atoms with E-state index in [-0.39, 0.29) is 12.2 Å². The molecule has 2 N–H and O–H groups in total. The molecule has 0 fully saturated rings. The molecule has 0 radical (unpaired) electrons. The molecule has 0 aliphatic carbocycles. The third-order valence-electron chi connectivity index (χ3n) is 2.69. The molecule has 1 heterocycles. The Labute approximate surface area is 109 Å². The molecule has 2 rings (SSSR count). The van der Waals surface area contributed by atoms with Gasteiger partial charge in [0.05, 0.1) is 11.0 Å². The average Bonchev–Trinajstić information content (AvgIpc) is 2.64. The number of aromatic nitrogens is 2. The van der Waals surface area contributed by atoms with Gasteiger partial charge in [0.15, 0.2) is 0 Å². The number of primary amides is 1. The minimum atomic E-state index is -0.398. The summed E-state index contributed by atoms with van der Waals surface area (Å²) in [6.45, 7) is 0.390. The predicted molar refractivity (Wildman–Crippen MR) is 67.9 cm³/mol. The summed E-state index contributed by atoms with van der Waals surface area (Å²) in [4.78, 5) is 15.2. The molecule has 0 atom stereocenters. The van der Waals surface area contributed by atoms with Gasteiger partial charge in [-0.1, -0.05) is 0 Å². The first-order valence-corrected chi connectivity index (χ1v) is 6.14. The van der Waals surface area contributed by atoms with Gasteiger partial charge in [-0.05, 0) is 18.2 Å². The molecule has 0 bridgehead atoms. The molecule has 0 spiro atoms. The molecule has 0 aliphatic heterocycles. The summed E-state index contributed by atoms with van der Waals surface area (Å²) < 4.78 is 15.0. The number of benzene rings is 1. The summed E-state index contributed by atoms with van der Waals surface area (Å²) in [6, 6.07) is 4.38. The van der Waals surface area contributed by atoms with E-state index in [1.165, 1.54) is 12.1 Å². The number of hydrogen-bond acceptors (Lipinski definition) is 2. The highest BCUT2D eigenvalue weighted by molar-refractivity contribution is 6.17. The molecule has 0 saturated heterocycles. The van der Waals surface area contributed by atoms with Crippen LogP contribution in [-0.2, 0) is 17.8 Å². The summed E-state index contributed by atoms with van der Waals surface area (Å²) in [6.07, 6.45) is 0.758. The van der Waals surface area contributed by atoms with Gasteiger partial charge in [0.1, 0.15) is 11.6 Å². The number of hydrogen-bond donors (Lipinski definition) is 1. The van der Waals surface area contributed by atoms with Gasteiger partial charge in [-0.15, -0.1) is 11.6 Å². The van der Waals surface area contributed by atoms with Crippen LogP contribution >= 0.6 is 11.6 Å². The van der Waals surface area contributed by atoms with Crippen molar-refractivity contribution >= 4 is 28.5 Å². The second-order valence-corrected chi connectivity index (χ2v) is 4.35. The van der Waals surface area contributed by atoms with Crippen LogP contribution in [0.25, 0.3) is 11.0 Å². The van der Waals surface area contributed by atoms with Crippen LogP contribution < -0.4 is 5.73 Å². The fourth-order valence-electron chi connectivity index (χ4n) is 1.89. The van der Waals surface area contributed by atoms with E-state index in [9.17, 15) is 9.18 Å². The number of carbonyl (C=O) groups is 1. The first-order chi connectivity index (χ1) is 8.61. The van der Waals surface area contributed by atoms with Crippen molar-refractivity contribution in [1.82, 2.24) is 9.55 Å². The van der Waals surface area contributed by atoms with Gasteiger partial charge in [-0.2, -0.15) is 0 Å². The van der Waals surface area contributed by atoms with Crippen molar-refractivity contribution in [3.05, 3.63) is 29.8 Å². The van der Waals surface area contributed by atoms with Crippen LogP contribution in [0.1, 0.15) is 12.2 Å². The number of nitrogens with zero attached hydrogens (tertiary/aromatic N) is 2. The van der Waals surface area contributed by atoms with E-state index < -0.39 is 5.91 Å². The Morgan fingerprint density at radius 2 is 2.28 bits per heavy atom. The monoisotopic (exact) mass is 269 g/mol. The van der Waals surface area contributed by atoms with Crippen molar-refractivity contribution in [2.45, 2.75) is 19.4 Å². The lowest BCUT2D eigenvalue weighted by Crippen LogP contribution is -2.15. The Hall–Kier alpha value is -1.62. The van der Waals surface area contributed by atoms with Crippen molar-refractivity contribution in [3.63, 3.8) is 0 Å². The lowest BCUT2D eigenvalue weighted by atomic mass is 10.3. The van der Waals surface area contributed by atoms with Crippen molar-refractivity contribution in [2.75, 3.05) is 5.88 Å².